The molecule has 3 rings (SSSR count). The predicted octanol–water partition coefficient (Wildman–Crippen LogP) is 7.87. The predicted molar refractivity (Wildman–Crippen MR) is 144 cm³/mol. The van der Waals surface area contributed by atoms with Crippen LogP contribution in [0.2, 0.25) is 0 Å². The number of nitriles is 1. The van der Waals surface area contributed by atoms with Crippen molar-refractivity contribution < 1.29 is 9.53 Å². The molecule has 0 bridgehead atoms. The van der Waals surface area contributed by atoms with E-state index in [1.54, 1.807) is 18.2 Å². The lowest BCUT2D eigenvalue weighted by molar-refractivity contribution is 0.0734. The average molecular weight is 484 g/mol. The van der Waals surface area contributed by atoms with E-state index in [0.29, 0.717) is 22.7 Å². The second-order valence-electron chi connectivity index (χ2n) is 9.30. The summed E-state index contributed by atoms with van der Waals surface area (Å²) < 4.78 is 5.56. The molecule has 0 fully saturated rings. The van der Waals surface area contributed by atoms with E-state index in [2.05, 4.69) is 29.9 Å². The summed E-state index contributed by atoms with van der Waals surface area (Å²) in [4.78, 5) is 21.6. The van der Waals surface area contributed by atoms with Gasteiger partial charge in [-0.2, -0.15) is 5.26 Å². The smallest absolute Gasteiger partial charge is 0.343 e. The van der Waals surface area contributed by atoms with E-state index in [0.717, 1.165) is 42.4 Å². The monoisotopic (exact) mass is 483 g/mol. The highest BCUT2D eigenvalue weighted by molar-refractivity contribution is 5.91. The minimum absolute atomic E-state index is 0.293. The fourth-order valence-electron chi connectivity index (χ4n) is 4.21. The third-order valence-corrected chi connectivity index (χ3v) is 6.31. The molecule has 188 valence electrons. The summed E-state index contributed by atoms with van der Waals surface area (Å²) in [5.41, 5.74) is 3.84. The molecule has 3 aromatic rings. The number of carbonyl (C=O) groups excluding carboxylic acids is 1. The Balaban J connectivity index is 1.53. The van der Waals surface area contributed by atoms with Gasteiger partial charge in [-0.05, 0) is 54.7 Å². The summed E-state index contributed by atoms with van der Waals surface area (Å²) in [7, 11) is 0. The first-order valence-corrected chi connectivity index (χ1v) is 13.3. The third kappa shape index (κ3) is 8.30. The molecule has 0 unspecified atom stereocenters. The standard InChI is InChI=1S/C31H37N3O2/c1-3-5-6-7-8-9-10-11-13-24-14-19-29(28(20-24)21-32)36-31(35)27-17-15-26(16-18-27)30-33-22-25(12-4-2)23-34-30/h14-20,22-23H,3-13H2,1-2H3. The molecular formula is C31H37N3O2. The van der Waals surface area contributed by atoms with Crippen LogP contribution in [0.15, 0.2) is 54.9 Å². The van der Waals surface area contributed by atoms with Gasteiger partial charge in [-0.25, -0.2) is 14.8 Å². The molecule has 0 N–H and O–H groups in total. The minimum Gasteiger partial charge on any atom is -0.422 e. The van der Waals surface area contributed by atoms with Crippen LogP contribution in [-0.4, -0.2) is 15.9 Å². The SMILES string of the molecule is CCCCCCCCCCc1ccc(OC(=O)c2ccc(-c3ncc(CCC)cn3)cc2)c(C#N)c1. The Morgan fingerprint density at radius 2 is 1.47 bits per heavy atom. The summed E-state index contributed by atoms with van der Waals surface area (Å²) >= 11 is 0. The highest BCUT2D eigenvalue weighted by Crippen LogP contribution is 2.23. The van der Waals surface area contributed by atoms with Gasteiger partial charge in [-0.3, -0.25) is 0 Å². The zero-order chi connectivity index (χ0) is 25.6. The molecule has 36 heavy (non-hydrogen) atoms. The molecule has 2 aromatic carbocycles. The van der Waals surface area contributed by atoms with E-state index in [-0.39, 0.29) is 0 Å². The number of rotatable bonds is 14. The number of hydrogen-bond acceptors (Lipinski definition) is 5. The molecular weight excluding hydrogens is 446 g/mol. The third-order valence-electron chi connectivity index (χ3n) is 6.31. The van der Waals surface area contributed by atoms with E-state index in [4.69, 9.17) is 4.74 Å². The number of nitrogens with zero attached hydrogens (tertiary/aromatic N) is 3. The van der Waals surface area contributed by atoms with Gasteiger partial charge in [-0.15, -0.1) is 0 Å². The van der Waals surface area contributed by atoms with Crippen LogP contribution in [0.25, 0.3) is 11.4 Å². The van der Waals surface area contributed by atoms with Crippen molar-refractivity contribution in [1.29, 1.82) is 5.26 Å². The van der Waals surface area contributed by atoms with Gasteiger partial charge in [0.2, 0.25) is 0 Å². The zero-order valence-electron chi connectivity index (χ0n) is 21.6. The molecule has 1 aromatic heterocycles. The minimum atomic E-state index is -0.493. The van der Waals surface area contributed by atoms with Crippen LogP contribution < -0.4 is 4.74 Å². The van der Waals surface area contributed by atoms with E-state index in [1.165, 1.54) is 44.9 Å². The van der Waals surface area contributed by atoms with Gasteiger partial charge in [0.25, 0.3) is 0 Å². The topological polar surface area (TPSA) is 75.9 Å². The summed E-state index contributed by atoms with van der Waals surface area (Å²) in [6, 6.07) is 14.7. The quantitative estimate of drug-likeness (QED) is 0.132. The number of unbranched alkanes of at least 4 members (excludes halogenated alkanes) is 7. The lowest BCUT2D eigenvalue weighted by Gasteiger charge is -2.09. The lowest BCUT2D eigenvalue weighted by atomic mass is 10.0. The Morgan fingerprint density at radius 3 is 2.11 bits per heavy atom. The Bertz CT molecular complexity index is 1130. The van der Waals surface area contributed by atoms with E-state index in [1.807, 2.05) is 36.7 Å². The first-order valence-electron chi connectivity index (χ1n) is 13.3. The van der Waals surface area contributed by atoms with Crippen LogP contribution in [0.5, 0.6) is 5.75 Å². The summed E-state index contributed by atoms with van der Waals surface area (Å²) in [6.07, 6.45) is 16.8. The maximum Gasteiger partial charge on any atom is 0.343 e. The number of hydrogen-bond donors (Lipinski definition) is 0. The first-order chi connectivity index (χ1) is 17.6. The van der Waals surface area contributed by atoms with Crippen molar-refractivity contribution in [3.05, 3.63) is 77.1 Å². The number of aryl methyl sites for hydroxylation is 2. The van der Waals surface area contributed by atoms with Crippen LogP contribution in [0.3, 0.4) is 0 Å². The molecule has 0 amide bonds. The maximum absolute atomic E-state index is 12.7. The van der Waals surface area contributed by atoms with Crippen LogP contribution in [0, 0.1) is 11.3 Å². The van der Waals surface area contributed by atoms with Gasteiger partial charge < -0.3 is 4.74 Å². The Kier molecular flexibility index (Phi) is 11.1. The molecule has 0 atom stereocenters. The largest absolute Gasteiger partial charge is 0.422 e. The summed E-state index contributed by atoms with van der Waals surface area (Å²) in [5, 5.41) is 9.60. The van der Waals surface area contributed by atoms with Crippen molar-refractivity contribution in [2.45, 2.75) is 84.5 Å². The maximum atomic E-state index is 12.7. The van der Waals surface area contributed by atoms with Crippen LogP contribution in [0.1, 0.15) is 98.7 Å². The Morgan fingerprint density at radius 1 is 0.806 bits per heavy atom. The van der Waals surface area contributed by atoms with Gasteiger partial charge >= 0.3 is 5.97 Å². The molecule has 5 heteroatoms. The molecule has 5 nitrogen and oxygen atoms in total. The molecule has 0 spiro atoms. The molecule has 0 radical (unpaired) electrons. The van der Waals surface area contributed by atoms with Crippen molar-refractivity contribution in [1.82, 2.24) is 9.97 Å². The zero-order valence-corrected chi connectivity index (χ0v) is 21.6. The average Bonchev–Trinajstić information content (AvgIpc) is 2.91. The van der Waals surface area contributed by atoms with E-state index < -0.39 is 5.97 Å². The molecule has 0 saturated heterocycles. The molecule has 0 aliphatic rings. The number of carbonyl (C=O) groups is 1. The highest BCUT2D eigenvalue weighted by Gasteiger charge is 2.13. The number of esters is 1. The van der Waals surface area contributed by atoms with Crippen molar-refractivity contribution in [3.63, 3.8) is 0 Å². The van der Waals surface area contributed by atoms with Crippen LogP contribution in [0.4, 0.5) is 0 Å². The number of aromatic nitrogens is 2. The Hall–Kier alpha value is -3.52. The molecule has 1 heterocycles. The highest BCUT2D eigenvalue weighted by atomic mass is 16.5. The molecule has 0 aliphatic carbocycles. The normalized spacial score (nSPS) is 10.7. The Labute approximate surface area is 215 Å². The van der Waals surface area contributed by atoms with Gasteiger partial charge in [0, 0.05) is 18.0 Å². The lowest BCUT2D eigenvalue weighted by Crippen LogP contribution is -2.09. The van der Waals surface area contributed by atoms with Crippen molar-refractivity contribution in [2.75, 3.05) is 0 Å². The van der Waals surface area contributed by atoms with Gasteiger partial charge in [0.05, 0.1) is 11.1 Å². The van der Waals surface area contributed by atoms with E-state index >= 15 is 0 Å². The van der Waals surface area contributed by atoms with E-state index in [9.17, 15) is 10.1 Å². The number of ether oxygens (including phenoxy) is 1. The van der Waals surface area contributed by atoms with Gasteiger partial charge in [0.15, 0.2) is 5.82 Å². The van der Waals surface area contributed by atoms with Crippen molar-refractivity contribution in [3.8, 4) is 23.2 Å². The fourth-order valence-corrected chi connectivity index (χ4v) is 4.21. The molecule has 0 aliphatic heterocycles. The van der Waals surface area contributed by atoms with Crippen molar-refractivity contribution in [2.24, 2.45) is 0 Å². The summed E-state index contributed by atoms with van der Waals surface area (Å²) in [6.45, 7) is 4.36. The second kappa shape index (κ2) is 14.8. The van der Waals surface area contributed by atoms with Crippen LogP contribution in [-0.2, 0) is 12.8 Å². The molecule has 0 saturated carbocycles. The number of benzene rings is 2. The summed E-state index contributed by atoms with van der Waals surface area (Å²) in [5.74, 6) is 0.419. The van der Waals surface area contributed by atoms with Crippen LogP contribution >= 0.6 is 0 Å². The van der Waals surface area contributed by atoms with Gasteiger partial charge in [-0.1, -0.05) is 83.4 Å². The second-order valence-corrected chi connectivity index (χ2v) is 9.30. The first kappa shape index (κ1) is 27.1. The van der Waals surface area contributed by atoms with Gasteiger partial charge in [0.1, 0.15) is 11.8 Å². The van der Waals surface area contributed by atoms with Crippen molar-refractivity contribution >= 4 is 5.97 Å². The fraction of sp³-hybridized carbons (Fsp3) is 0.419.